The first-order valence-corrected chi connectivity index (χ1v) is 3.91. The first kappa shape index (κ1) is 7.88. The lowest BCUT2D eigenvalue weighted by Gasteiger charge is -2.01. The van der Waals surface area contributed by atoms with E-state index in [9.17, 15) is 0 Å². The van der Waals surface area contributed by atoms with Gasteiger partial charge in [-0.25, -0.2) is 9.67 Å². The summed E-state index contributed by atoms with van der Waals surface area (Å²) >= 11 is 0. The van der Waals surface area contributed by atoms with Gasteiger partial charge in [-0.2, -0.15) is 5.10 Å². The number of nitrogens with two attached hydrogens (primary N) is 1. The van der Waals surface area contributed by atoms with Crippen LogP contribution in [-0.2, 0) is 6.54 Å². The van der Waals surface area contributed by atoms with E-state index < -0.39 is 0 Å². The van der Waals surface area contributed by atoms with Crippen LogP contribution < -0.4 is 5.73 Å². The standard InChI is InChI=1S/C8H9N5/c9-4-8-11-6-12-13(8)7-2-1-3-10-5-7/h1-3,5-6H,4,9H2. The quantitative estimate of drug-likeness (QED) is 0.703. The molecule has 0 aromatic carbocycles. The molecule has 0 spiro atoms. The lowest BCUT2D eigenvalue weighted by atomic mass is 10.4. The molecular weight excluding hydrogens is 166 g/mol. The second kappa shape index (κ2) is 3.32. The van der Waals surface area contributed by atoms with E-state index in [0.717, 1.165) is 11.5 Å². The van der Waals surface area contributed by atoms with Crippen molar-refractivity contribution in [3.8, 4) is 5.69 Å². The Morgan fingerprint density at radius 3 is 3.08 bits per heavy atom. The first-order valence-electron chi connectivity index (χ1n) is 3.91. The van der Waals surface area contributed by atoms with Gasteiger partial charge in [0.15, 0.2) is 0 Å². The highest BCUT2D eigenvalue weighted by Gasteiger charge is 2.02. The summed E-state index contributed by atoms with van der Waals surface area (Å²) in [5.41, 5.74) is 6.36. The number of hydrogen-bond acceptors (Lipinski definition) is 4. The van der Waals surface area contributed by atoms with Gasteiger partial charge < -0.3 is 5.73 Å². The van der Waals surface area contributed by atoms with Crippen molar-refractivity contribution in [3.05, 3.63) is 36.7 Å². The minimum atomic E-state index is 0.370. The van der Waals surface area contributed by atoms with Crippen LogP contribution in [0.15, 0.2) is 30.9 Å². The highest BCUT2D eigenvalue weighted by molar-refractivity contribution is 5.26. The molecule has 0 atom stereocenters. The van der Waals surface area contributed by atoms with E-state index in [1.54, 1.807) is 17.1 Å². The summed E-state index contributed by atoms with van der Waals surface area (Å²) in [4.78, 5) is 8.00. The molecule has 0 unspecified atom stereocenters. The maximum absolute atomic E-state index is 5.49. The summed E-state index contributed by atoms with van der Waals surface area (Å²) in [7, 11) is 0. The zero-order valence-corrected chi connectivity index (χ0v) is 6.96. The van der Waals surface area contributed by atoms with Gasteiger partial charge in [0.25, 0.3) is 0 Å². The van der Waals surface area contributed by atoms with Gasteiger partial charge in [-0.3, -0.25) is 4.98 Å². The van der Waals surface area contributed by atoms with Gasteiger partial charge in [0.1, 0.15) is 12.2 Å². The molecule has 0 aliphatic rings. The van der Waals surface area contributed by atoms with Gasteiger partial charge in [0, 0.05) is 6.20 Å². The van der Waals surface area contributed by atoms with Crippen LogP contribution in [0, 0.1) is 0 Å². The van der Waals surface area contributed by atoms with Crippen molar-refractivity contribution >= 4 is 0 Å². The lowest BCUT2D eigenvalue weighted by molar-refractivity contribution is 0.786. The SMILES string of the molecule is NCc1ncnn1-c1cccnc1. The monoisotopic (exact) mass is 175 g/mol. The Balaban J connectivity index is 2.47. The van der Waals surface area contributed by atoms with Gasteiger partial charge in [-0.05, 0) is 12.1 Å². The number of nitrogens with zero attached hydrogens (tertiary/aromatic N) is 4. The van der Waals surface area contributed by atoms with Crippen LogP contribution in [0.1, 0.15) is 5.82 Å². The van der Waals surface area contributed by atoms with Crippen LogP contribution in [0.25, 0.3) is 5.69 Å². The molecule has 0 radical (unpaired) electrons. The van der Waals surface area contributed by atoms with Crippen molar-refractivity contribution in [2.45, 2.75) is 6.54 Å². The third-order valence-corrected chi connectivity index (χ3v) is 1.69. The molecule has 2 heterocycles. The molecule has 2 aromatic heterocycles. The molecular formula is C8H9N5. The molecule has 5 nitrogen and oxygen atoms in total. The second-order valence-electron chi connectivity index (χ2n) is 2.50. The van der Waals surface area contributed by atoms with Crippen LogP contribution >= 0.6 is 0 Å². The molecule has 13 heavy (non-hydrogen) atoms. The zero-order valence-electron chi connectivity index (χ0n) is 6.96. The molecule has 0 bridgehead atoms. The average molecular weight is 175 g/mol. The second-order valence-corrected chi connectivity index (χ2v) is 2.50. The molecule has 5 heteroatoms. The van der Waals surface area contributed by atoms with Crippen molar-refractivity contribution < 1.29 is 0 Å². The third kappa shape index (κ3) is 1.41. The third-order valence-electron chi connectivity index (χ3n) is 1.69. The van der Waals surface area contributed by atoms with E-state index in [1.807, 2.05) is 12.1 Å². The van der Waals surface area contributed by atoms with E-state index in [-0.39, 0.29) is 0 Å². The molecule has 2 N–H and O–H groups in total. The van der Waals surface area contributed by atoms with Crippen molar-refractivity contribution in [1.82, 2.24) is 19.7 Å². The summed E-state index contributed by atoms with van der Waals surface area (Å²) in [6, 6.07) is 3.75. The fourth-order valence-corrected chi connectivity index (χ4v) is 1.10. The molecule has 2 rings (SSSR count). The van der Waals surface area contributed by atoms with Crippen molar-refractivity contribution in [1.29, 1.82) is 0 Å². The Labute approximate surface area is 75.2 Å². The van der Waals surface area contributed by atoms with Crippen LogP contribution in [0.5, 0.6) is 0 Å². The molecule has 2 aromatic rings. The predicted molar refractivity (Wildman–Crippen MR) is 47.0 cm³/mol. The van der Waals surface area contributed by atoms with Crippen molar-refractivity contribution in [3.63, 3.8) is 0 Å². The summed E-state index contributed by atoms with van der Waals surface area (Å²) < 4.78 is 1.67. The number of rotatable bonds is 2. The maximum atomic E-state index is 5.49. The largest absolute Gasteiger partial charge is 0.324 e. The number of hydrogen-bond donors (Lipinski definition) is 1. The van der Waals surface area contributed by atoms with Crippen molar-refractivity contribution in [2.75, 3.05) is 0 Å². The van der Waals surface area contributed by atoms with Gasteiger partial charge in [0.2, 0.25) is 0 Å². The molecule has 66 valence electrons. The van der Waals surface area contributed by atoms with Crippen LogP contribution in [-0.4, -0.2) is 19.7 Å². The van der Waals surface area contributed by atoms with Crippen LogP contribution in [0.2, 0.25) is 0 Å². The van der Waals surface area contributed by atoms with Crippen LogP contribution in [0.3, 0.4) is 0 Å². The van der Waals surface area contributed by atoms with Gasteiger partial charge in [-0.1, -0.05) is 0 Å². The molecule has 0 saturated heterocycles. The first-order chi connectivity index (χ1) is 6.42. The molecule has 0 aliphatic heterocycles. The number of pyridine rings is 1. The molecule has 0 amide bonds. The summed E-state index contributed by atoms with van der Waals surface area (Å²) in [5, 5.41) is 4.04. The van der Waals surface area contributed by atoms with E-state index in [1.165, 1.54) is 6.33 Å². The minimum absolute atomic E-state index is 0.370. The summed E-state index contributed by atoms with van der Waals surface area (Å²) in [6.07, 6.45) is 4.91. The highest BCUT2D eigenvalue weighted by atomic mass is 15.3. The zero-order chi connectivity index (χ0) is 9.10. The van der Waals surface area contributed by atoms with E-state index in [4.69, 9.17) is 5.73 Å². The predicted octanol–water partition coefficient (Wildman–Crippen LogP) is 0.121. The smallest absolute Gasteiger partial charge is 0.146 e. The average Bonchev–Trinajstić information content (AvgIpc) is 2.67. The van der Waals surface area contributed by atoms with Gasteiger partial charge in [-0.15, -0.1) is 0 Å². The fourth-order valence-electron chi connectivity index (χ4n) is 1.10. The number of aromatic nitrogens is 4. The Morgan fingerprint density at radius 1 is 1.46 bits per heavy atom. The molecule has 0 aliphatic carbocycles. The summed E-state index contributed by atoms with van der Waals surface area (Å²) in [5.74, 6) is 0.730. The van der Waals surface area contributed by atoms with Gasteiger partial charge >= 0.3 is 0 Å². The van der Waals surface area contributed by atoms with E-state index in [2.05, 4.69) is 15.1 Å². The lowest BCUT2D eigenvalue weighted by Crippen LogP contribution is -2.07. The summed E-state index contributed by atoms with van der Waals surface area (Å²) in [6.45, 7) is 0.370. The Hall–Kier alpha value is -1.75. The molecule has 0 saturated carbocycles. The van der Waals surface area contributed by atoms with E-state index in [0.29, 0.717) is 6.54 Å². The van der Waals surface area contributed by atoms with Crippen molar-refractivity contribution in [2.24, 2.45) is 5.73 Å². The Kier molecular flexibility index (Phi) is 2.01. The van der Waals surface area contributed by atoms with Gasteiger partial charge in [0.05, 0.1) is 18.4 Å². The Morgan fingerprint density at radius 2 is 2.38 bits per heavy atom. The maximum Gasteiger partial charge on any atom is 0.146 e. The van der Waals surface area contributed by atoms with Crippen LogP contribution in [0.4, 0.5) is 0 Å². The minimum Gasteiger partial charge on any atom is -0.324 e. The highest BCUT2D eigenvalue weighted by Crippen LogP contribution is 2.04. The Bertz CT molecular complexity index is 380. The normalized spacial score (nSPS) is 10.2. The van der Waals surface area contributed by atoms with E-state index >= 15 is 0 Å². The molecule has 0 fully saturated rings. The topological polar surface area (TPSA) is 69.6 Å². The fraction of sp³-hybridized carbons (Fsp3) is 0.125.